The van der Waals surface area contributed by atoms with E-state index in [4.69, 9.17) is 18.6 Å². The molecule has 0 aliphatic carbocycles. The van der Waals surface area contributed by atoms with Gasteiger partial charge in [-0.1, -0.05) is 11.6 Å². The predicted molar refractivity (Wildman–Crippen MR) is 137 cm³/mol. The molecule has 35 heavy (non-hydrogen) atoms. The van der Waals surface area contributed by atoms with Crippen LogP contribution in [-0.2, 0) is 9.53 Å². The highest BCUT2D eigenvalue weighted by Gasteiger charge is 2.20. The molecule has 0 spiro atoms. The molecular formula is C27H30N2O6. The van der Waals surface area contributed by atoms with Crippen molar-refractivity contribution in [3.8, 4) is 11.5 Å². The maximum Gasteiger partial charge on any atom is 0.248 e. The fraction of sp³-hybridized carbons (Fsp3) is 0.333. The molecule has 3 aromatic rings. The molecule has 2 aromatic carbocycles. The predicted octanol–water partition coefficient (Wildman–Crippen LogP) is 4.39. The first kappa shape index (κ1) is 24.3. The van der Waals surface area contributed by atoms with Crippen molar-refractivity contribution in [3.63, 3.8) is 0 Å². The number of anilines is 2. The molecule has 1 N–H and O–H groups in total. The largest absolute Gasteiger partial charge is 0.492 e. The number of aryl methyl sites for hydroxylation is 1. The number of carbonyl (C=O) groups is 1. The van der Waals surface area contributed by atoms with E-state index in [1.165, 1.54) is 18.4 Å². The van der Waals surface area contributed by atoms with Gasteiger partial charge in [-0.05, 0) is 39.0 Å². The van der Waals surface area contributed by atoms with Gasteiger partial charge >= 0.3 is 0 Å². The number of hydrogen-bond acceptors (Lipinski definition) is 7. The minimum Gasteiger partial charge on any atom is -0.492 e. The number of amides is 1. The van der Waals surface area contributed by atoms with E-state index in [0.717, 1.165) is 24.3 Å². The first-order chi connectivity index (χ1) is 17.0. The Morgan fingerprint density at radius 1 is 1.09 bits per heavy atom. The van der Waals surface area contributed by atoms with Gasteiger partial charge in [0, 0.05) is 31.3 Å². The normalized spacial score (nSPS) is 13.9. The number of morpholine rings is 1. The molecule has 0 saturated carbocycles. The zero-order chi connectivity index (χ0) is 24.8. The lowest BCUT2D eigenvalue weighted by Gasteiger charge is -2.31. The van der Waals surface area contributed by atoms with Crippen LogP contribution in [0.1, 0.15) is 25.0 Å². The van der Waals surface area contributed by atoms with E-state index in [9.17, 15) is 9.59 Å². The second-order valence-corrected chi connectivity index (χ2v) is 8.12. The first-order valence-electron chi connectivity index (χ1n) is 11.8. The Morgan fingerprint density at radius 2 is 1.83 bits per heavy atom. The molecule has 0 bridgehead atoms. The van der Waals surface area contributed by atoms with Crippen LogP contribution in [0.25, 0.3) is 17.0 Å². The van der Waals surface area contributed by atoms with E-state index in [0.29, 0.717) is 60.1 Å². The van der Waals surface area contributed by atoms with Gasteiger partial charge in [0.15, 0.2) is 5.43 Å². The molecule has 8 nitrogen and oxygen atoms in total. The monoisotopic (exact) mass is 478 g/mol. The Hall–Kier alpha value is -3.78. The molecule has 0 radical (unpaired) electrons. The summed E-state index contributed by atoms with van der Waals surface area (Å²) >= 11 is 0. The standard InChI is InChI=1S/C27H30N2O6/c1-4-33-24-16-22(29-10-12-32-13-11-29)25(34-5-2)15-21(24)28-26(30)9-7-19-17-35-23-8-6-18(3)14-20(23)27(19)31/h6-9,14-17H,4-5,10-13H2,1-3H3,(H,28,30)/b9-7+. The number of carbonyl (C=O) groups excluding carboxylic acids is 1. The number of rotatable bonds is 8. The number of ether oxygens (including phenoxy) is 3. The fourth-order valence-electron chi connectivity index (χ4n) is 3.96. The van der Waals surface area contributed by atoms with Gasteiger partial charge in [-0.25, -0.2) is 0 Å². The molecule has 184 valence electrons. The van der Waals surface area contributed by atoms with Crippen molar-refractivity contribution in [2.75, 3.05) is 49.7 Å². The topological polar surface area (TPSA) is 90.2 Å². The van der Waals surface area contributed by atoms with E-state index in [1.54, 1.807) is 18.2 Å². The Kier molecular flexibility index (Phi) is 7.72. The van der Waals surface area contributed by atoms with Crippen LogP contribution in [0, 0.1) is 6.92 Å². The molecule has 1 amide bonds. The van der Waals surface area contributed by atoms with Crippen molar-refractivity contribution >= 4 is 34.3 Å². The lowest BCUT2D eigenvalue weighted by Crippen LogP contribution is -2.36. The van der Waals surface area contributed by atoms with Crippen molar-refractivity contribution in [3.05, 3.63) is 64.0 Å². The number of fused-ring (bicyclic) bond motifs is 1. The number of benzene rings is 2. The molecule has 0 atom stereocenters. The summed E-state index contributed by atoms with van der Waals surface area (Å²) in [5.74, 6) is 0.791. The van der Waals surface area contributed by atoms with Crippen molar-refractivity contribution < 1.29 is 23.4 Å². The van der Waals surface area contributed by atoms with Crippen LogP contribution < -0.4 is 25.1 Å². The third kappa shape index (κ3) is 5.66. The number of hydrogen-bond donors (Lipinski definition) is 1. The smallest absolute Gasteiger partial charge is 0.248 e. The highest BCUT2D eigenvalue weighted by molar-refractivity contribution is 6.03. The maximum absolute atomic E-state index is 12.8. The average molecular weight is 479 g/mol. The second kappa shape index (κ2) is 11.1. The average Bonchev–Trinajstić information content (AvgIpc) is 2.86. The highest BCUT2D eigenvalue weighted by atomic mass is 16.5. The molecule has 4 rings (SSSR count). The summed E-state index contributed by atoms with van der Waals surface area (Å²) in [7, 11) is 0. The van der Waals surface area contributed by atoms with Gasteiger partial charge in [0.1, 0.15) is 23.3 Å². The third-order valence-corrected chi connectivity index (χ3v) is 5.64. The van der Waals surface area contributed by atoms with Crippen LogP contribution in [0.15, 0.2) is 51.9 Å². The van der Waals surface area contributed by atoms with Gasteiger partial charge in [-0.15, -0.1) is 0 Å². The van der Waals surface area contributed by atoms with Gasteiger partial charge in [0.2, 0.25) is 5.91 Å². The summed E-state index contributed by atoms with van der Waals surface area (Å²) in [6.07, 6.45) is 4.12. The fourth-order valence-corrected chi connectivity index (χ4v) is 3.96. The summed E-state index contributed by atoms with van der Waals surface area (Å²) in [4.78, 5) is 27.8. The zero-order valence-electron chi connectivity index (χ0n) is 20.3. The highest BCUT2D eigenvalue weighted by Crippen LogP contribution is 2.39. The molecule has 0 unspecified atom stereocenters. The Balaban J connectivity index is 1.60. The van der Waals surface area contributed by atoms with Crippen LogP contribution in [0.5, 0.6) is 11.5 Å². The van der Waals surface area contributed by atoms with Gasteiger partial charge in [-0.2, -0.15) is 0 Å². The summed E-state index contributed by atoms with van der Waals surface area (Å²) in [6, 6.07) is 9.08. The summed E-state index contributed by atoms with van der Waals surface area (Å²) < 4.78 is 22.7. The minimum atomic E-state index is -0.406. The Bertz CT molecular complexity index is 1290. The van der Waals surface area contributed by atoms with Gasteiger partial charge in [0.25, 0.3) is 0 Å². The lowest BCUT2D eigenvalue weighted by molar-refractivity contribution is -0.111. The van der Waals surface area contributed by atoms with Crippen molar-refractivity contribution in [2.24, 2.45) is 0 Å². The Labute approximate surface area is 204 Å². The third-order valence-electron chi connectivity index (χ3n) is 5.64. The maximum atomic E-state index is 12.8. The first-order valence-corrected chi connectivity index (χ1v) is 11.8. The summed E-state index contributed by atoms with van der Waals surface area (Å²) in [6.45, 7) is 9.40. The van der Waals surface area contributed by atoms with E-state index in [1.807, 2.05) is 32.9 Å². The quantitative estimate of drug-likeness (QED) is 0.480. The van der Waals surface area contributed by atoms with Crippen LogP contribution in [-0.4, -0.2) is 45.4 Å². The van der Waals surface area contributed by atoms with Crippen LogP contribution in [0.2, 0.25) is 0 Å². The molecule has 8 heteroatoms. The molecule has 1 aromatic heterocycles. The van der Waals surface area contributed by atoms with E-state index in [2.05, 4.69) is 10.2 Å². The molecule has 1 fully saturated rings. The molecule has 1 aliphatic rings. The number of nitrogens with one attached hydrogen (secondary N) is 1. The van der Waals surface area contributed by atoms with Gasteiger partial charge < -0.3 is 28.8 Å². The van der Waals surface area contributed by atoms with Crippen LogP contribution in [0.3, 0.4) is 0 Å². The molecule has 2 heterocycles. The molecule has 1 aliphatic heterocycles. The van der Waals surface area contributed by atoms with Crippen molar-refractivity contribution in [1.29, 1.82) is 0 Å². The van der Waals surface area contributed by atoms with Crippen LogP contribution in [0.4, 0.5) is 11.4 Å². The summed E-state index contributed by atoms with van der Waals surface area (Å²) in [5.41, 5.74) is 2.95. The minimum absolute atomic E-state index is 0.192. The summed E-state index contributed by atoms with van der Waals surface area (Å²) in [5, 5.41) is 3.33. The van der Waals surface area contributed by atoms with Gasteiger partial charge in [0.05, 0.1) is 48.8 Å². The second-order valence-electron chi connectivity index (χ2n) is 8.12. The zero-order valence-corrected chi connectivity index (χ0v) is 20.3. The SMILES string of the molecule is CCOc1cc(N2CCOCC2)c(OCC)cc1NC(=O)/C=C/c1coc2ccc(C)cc2c1=O. The van der Waals surface area contributed by atoms with E-state index < -0.39 is 5.91 Å². The van der Waals surface area contributed by atoms with Crippen molar-refractivity contribution in [2.45, 2.75) is 20.8 Å². The Morgan fingerprint density at radius 3 is 2.57 bits per heavy atom. The van der Waals surface area contributed by atoms with E-state index >= 15 is 0 Å². The van der Waals surface area contributed by atoms with Crippen LogP contribution >= 0.6 is 0 Å². The van der Waals surface area contributed by atoms with Crippen molar-refractivity contribution in [1.82, 2.24) is 0 Å². The van der Waals surface area contributed by atoms with Gasteiger partial charge in [-0.3, -0.25) is 9.59 Å². The van der Waals surface area contributed by atoms with E-state index in [-0.39, 0.29) is 5.43 Å². The molecule has 1 saturated heterocycles. The lowest BCUT2D eigenvalue weighted by atomic mass is 10.1. The molecular weight excluding hydrogens is 448 g/mol. The number of nitrogens with zero attached hydrogens (tertiary/aromatic N) is 1.